The number of nitrogens with one attached hydrogen (secondary N) is 1. The van der Waals surface area contributed by atoms with Crippen molar-refractivity contribution < 1.29 is 9.47 Å². The van der Waals surface area contributed by atoms with Gasteiger partial charge in [-0.1, -0.05) is 19.1 Å². The van der Waals surface area contributed by atoms with Gasteiger partial charge in [0.25, 0.3) is 0 Å². The molecule has 0 bridgehead atoms. The van der Waals surface area contributed by atoms with Gasteiger partial charge in [-0.05, 0) is 47.9 Å². The third kappa shape index (κ3) is 7.41. The van der Waals surface area contributed by atoms with Crippen molar-refractivity contribution >= 4 is 41.3 Å². The van der Waals surface area contributed by atoms with Gasteiger partial charge in [-0.15, -0.1) is 35.3 Å². The third-order valence-corrected chi connectivity index (χ3v) is 4.80. The van der Waals surface area contributed by atoms with Gasteiger partial charge in [-0.3, -0.25) is 4.99 Å². The molecule has 3 N–H and O–H groups in total. The minimum Gasteiger partial charge on any atom is -0.493 e. The summed E-state index contributed by atoms with van der Waals surface area (Å²) in [7, 11) is 3.29. The first kappa shape index (κ1) is 22.6. The highest BCUT2D eigenvalue weighted by atomic mass is 127. The summed E-state index contributed by atoms with van der Waals surface area (Å²) in [5, 5.41) is 5.26. The fraction of sp³-hybridized carbons (Fsp3) is 0.421. The molecule has 1 atom stereocenters. The normalized spacial score (nSPS) is 12.2. The Balaban J connectivity index is 0.00000338. The zero-order chi connectivity index (χ0) is 18.1. The van der Waals surface area contributed by atoms with Crippen LogP contribution in [0.3, 0.4) is 0 Å². The second kappa shape index (κ2) is 12.0. The molecule has 0 radical (unpaired) electrons. The van der Waals surface area contributed by atoms with E-state index < -0.39 is 0 Å². The Morgan fingerprint density at radius 3 is 2.65 bits per heavy atom. The summed E-state index contributed by atoms with van der Waals surface area (Å²) >= 11 is 1.76. The van der Waals surface area contributed by atoms with E-state index >= 15 is 0 Å². The quantitative estimate of drug-likeness (QED) is 0.320. The molecule has 2 rings (SSSR count). The average Bonchev–Trinajstić information content (AvgIpc) is 3.13. The summed E-state index contributed by atoms with van der Waals surface area (Å²) in [6.45, 7) is 3.66. The predicted octanol–water partition coefficient (Wildman–Crippen LogP) is 3.71. The number of aliphatic imine (C=N–C) groups is 1. The van der Waals surface area contributed by atoms with Crippen LogP contribution in [0.1, 0.15) is 17.4 Å². The predicted molar refractivity (Wildman–Crippen MR) is 120 cm³/mol. The number of methoxy groups -OCH3 is 2. The molecule has 144 valence electrons. The Kier molecular flexibility index (Phi) is 10.4. The Bertz CT molecular complexity index is 677. The maximum Gasteiger partial charge on any atom is 0.188 e. The first-order valence-corrected chi connectivity index (χ1v) is 9.27. The molecule has 2 aromatic rings. The number of rotatable bonds is 9. The van der Waals surface area contributed by atoms with E-state index in [9.17, 15) is 0 Å². The Morgan fingerprint density at radius 2 is 2.00 bits per heavy atom. The number of benzene rings is 1. The number of hydrogen-bond acceptors (Lipinski definition) is 4. The largest absolute Gasteiger partial charge is 0.493 e. The monoisotopic (exact) mass is 489 g/mol. The van der Waals surface area contributed by atoms with Gasteiger partial charge < -0.3 is 20.5 Å². The number of guanidine groups is 1. The molecule has 0 saturated heterocycles. The summed E-state index contributed by atoms with van der Waals surface area (Å²) < 4.78 is 10.6. The molecule has 0 amide bonds. The SMILES string of the molecule is COc1ccc(CC(C)CN=C(N)NCCc2cccs2)cc1OC.I. The molecule has 0 spiro atoms. The zero-order valence-electron chi connectivity index (χ0n) is 15.5. The molecule has 0 aliphatic rings. The molecule has 1 aromatic carbocycles. The van der Waals surface area contributed by atoms with Crippen LogP contribution in [0.4, 0.5) is 0 Å². The van der Waals surface area contributed by atoms with Crippen molar-refractivity contribution in [2.75, 3.05) is 27.3 Å². The highest BCUT2D eigenvalue weighted by molar-refractivity contribution is 14.0. The second-order valence-electron chi connectivity index (χ2n) is 5.98. The first-order valence-electron chi connectivity index (χ1n) is 8.39. The van der Waals surface area contributed by atoms with E-state index in [0.29, 0.717) is 18.4 Å². The van der Waals surface area contributed by atoms with Gasteiger partial charge in [0.2, 0.25) is 0 Å². The van der Waals surface area contributed by atoms with Gasteiger partial charge in [0, 0.05) is 18.0 Å². The molecule has 1 unspecified atom stereocenters. The molecule has 5 nitrogen and oxygen atoms in total. The third-order valence-electron chi connectivity index (χ3n) is 3.86. The molecule has 7 heteroatoms. The van der Waals surface area contributed by atoms with Gasteiger partial charge in [0.15, 0.2) is 17.5 Å². The lowest BCUT2D eigenvalue weighted by Crippen LogP contribution is -2.33. The summed E-state index contributed by atoms with van der Waals surface area (Å²) in [5.74, 6) is 2.40. The maximum atomic E-state index is 5.94. The molecular formula is C19H28IN3O2S. The molecule has 1 heterocycles. The van der Waals surface area contributed by atoms with E-state index in [0.717, 1.165) is 30.9 Å². The summed E-state index contributed by atoms with van der Waals surface area (Å²) in [5.41, 5.74) is 7.14. The van der Waals surface area contributed by atoms with E-state index in [2.05, 4.69) is 40.8 Å². The van der Waals surface area contributed by atoms with Crippen molar-refractivity contribution in [2.45, 2.75) is 19.8 Å². The number of hydrogen-bond donors (Lipinski definition) is 2. The van der Waals surface area contributed by atoms with Crippen LogP contribution in [0.5, 0.6) is 11.5 Å². The standard InChI is InChI=1S/C19H27N3O2S.HI/c1-14(11-15-6-7-17(23-2)18(12-15)24-3)13-22-19(20)21-9-8-16-5-4-10-25-16;/h4-7,10,12,14H,8-9,11,13H2,1-3H3,(H3,20,21,22);1H. The number of halogens is 1. The number of nitrogens with zero attached hydrogens (tertiary/aromatic N) is 1. The van der Waals surface area contributed by atoms with Crippen LogP contribution in [0, 0.1) is 5.92 Å². The Morgan fingerprint density at radius 1 is 1.23 bits per heavy atom. The fourth-order valence-electron chi connectivity index (χ4n) is 2.55. The lowest BCUT2D eigenvalue weighted by atomic mass is 10.0. The van der Waals surface area contributed by atoms with Gasteiger partial charge in [-0.2, -0.15) is 0 Å². The summed E-state index contributed by atoms with van der Waals surface area (Å²) in [6, 6.07) is 10.2. The van der Waals surface area contributed by atoms with Gasteiger partial charge in [0.05, 0.1) is 14.2 Å². The van der Waals surface area contributed by atoms with Crippen molar-refractivity contribution in [1.82, 2.24) is 5.32 Å². The lowest BCUT2D eigenvalue weighted by molar-refractivity contribution is 0.354. The zero-order valence-corrected chi connectivity index (χ0v) is 18.7. The second-order valence-corrected chi connectivity index (χ2v) is 7.01. The van der Waals surface area contributed by atoms with E-state index in [1.807, 2.05) is 12.1 Å². The highest BCUT2D eigenvalue weighted by Gasteiger charge is 2.08. The van der Waals surface area contributed by atoms with Gasteiger partial charge in [-0.25, -0.2) is 0 Å². The summed E-state index contributed by atoms with van der Waals surface area (Å²) in [6.07, 6.45) is 1.88. The van der Waals surface area contributed by atoms with E-state index in [1.165, 1.54) is 10.4 Å². The van der Waals surface area contributed by atoms with Crippen molar-refractivity contribution in [3.05, 3.63) is 46.2 Å². The number of ether oxygens (including phenoxy) is 2. The average molecular weight is 489 g/mol. The topological polar surface area (TPSA) is 68.9 Å². The number of thiophene rings is 1. The van der Waals surface area contributed by atoms with E-state index in [-0.39, 0.29) is 24.0 Å². The molecular weight excluding hydrogens is 461 g/mol. The lowest BCUT2D eigenvalue weighted by Gasteiger charge is -2.13. The van der Waals surface area contributed by atoms with Gasteiger partial charge >= 0.3 is 0 Å². The van der Waals surface area contributed by atoms with E-state index in [4.69, 9.17) is 15.2 Å². The van der Waals surface area contributed by atoms with Crippen molar-refractivity contribution in [1.29, 1.82) is 0 Å². The molecule has 0 saturated carbocycles. The van der Waals surface area contributed by atoms with Crippen LogP contribution < -0.4 is 20.5 Å². The highest BCUT2D eigenvalue weighted by Crippen LogP contribution is 2.28. The van der Waals surface area contributed by atoms with Crippen LogP contribution in [0.15, 0.2) is 40.7 Å². The molecule has 0 aliphatic heterocycles. The molecule has 1 aromatic heterocycles. The van der Waals surface area contributed by atoms with Crippen LogP contribution >= 0.6 is 35.3 Å². The van der Waals surface area contributed by atoms with Crippen LogP contribution in [0.25, 0.3) is 0 Å². The minimum atomic E-state index is 0. The van der Waals surface area contributed by atoms with Crippen molar-refractivity contribution in [3.63, 3.8) is 0 Å². The fourth-order valence-corrected chi connectivity index (χ4v) is 3.26. The van der Waals surface area contributed by atoms with Crippen LogP contribution in [-0.4, -0.2) is 33.3 Å². The van der Waals surface area contributed by atoms with Crippen molar-refractivity contribution in [3.8, 4) is 11.5 Å². The molecule has 26 heavy (non-hydrogen) atoms. The first-order chi connectivity index (χ1) is 12.1. The Labute approximate surface area is 177 Å². The summed E-state index contributed by atoms with van der Waals surface area (Å²) in [4.78, 5) is 5.80. The van der Waals surface area contributed by atoms with Crippen LogP contribution in [-0.2, 0) is 12.8 Å². The van der Waals surface area contributed by atoms with Crippen molar-refractivity contribution in [2.24, 2.45) is 16.6 Å². The van der Waals surface area contributed by atoms with E-state index in [1.54, 1.807) is 25.6 Å². The number of nitrogens with two attached hydrogens (primary N) is 1. The molecule has 0 fully saturated rings. The van der Waals surface area contributed by atoms with Gasteiger partial charge in [0.1, 0.15) is 0 Å². The Hall–Kier alpha value is -1.48. The van der Waals surface area contributed by atoms with Crippen LogP contribution in [0.2, 0.25) is 0 Å². The maximum absolute atomic E-state index is 5.94. The smallest absolute Gasteiger partial charge is 0.188 e. The minimum absolute atomic E-state index is 0. The molecule has 0 aliphatic carbocycles.